The molecule has 1 aromatic rings. The van der Waals surface area contributed by atoms with E-state index >= 15 is 0 Å². The van der Waals surface area contributed by atoms with Gasteiger partial charge in [0, 0.05) is 18.6 Å². The number of carbonyl (C=O) groups is 2. The predicted molar refractivity (Wildman–Crippen MR) is 71.6 cm³/mol. The molecular formula is C13H16ClNO4. The summed E-state index contributed by atoms with van der Waals surface area (Å²) in [5.74, 6) is -0.617. The largest absolute Gasteiger partial charge is 0.483 e. The summed E-state index contributed by atoms with van der Waals surface area (Å²) in [6.45, 7) is 1.87. The number of halogens is 1. The number of hydrogen-bond donors (Lipinski definition) is 1. The maximum absolute atomic E-state index is 11.7. The third kappa shape index (κ3) is 5.18. The van der Waals surface area contributed by atoms with Crippen LogP contribution in [0.25, 0.3) is 0 Å². The normalized spacial score (nSPS) is 10.1. The zero-order chi connectivity index (χ0) is 14.4. The predicted octanol–water partition coefficient (Wildman–Crippen LogP) is 1.96. The molecule has 0 saturated heterocycles. The number of nitrogens with zero attached hydrogens (tertiary/aromatic N) is 1. The third-order valence-corrected chi connectivity index (χ3v) is 2.81. The molecule has 0 aliphatic carbocycles. The number of likely N-dealkylation sites (N-methyl/N-ethyl adjacent to an activating group) is 1. The van der Waals surface area contributed by atoms with Crippen LogP contribution in [-0.4, -0.2) is 42.1 Å². The van der Waals surface area contributed by atoms with Crippen molar-refractivity contribution in [1.29, 1.82) is 0 Å². The number of aryl methyl sites for hydroxylation is 1. The smallest absolute Gasteiger partial charge is 0.305 e. The van der Waals surface area contributed by atoms with Gasteiger partial charge in [-0.15, -0.1) is 0 Å². The first-order valence-electron chi connectivity index (χ1n) is 5.75. The van der Waals surface area contributed by atoms with Gasteiger partial charge in [0.25, 0.3) is 5.91 Å². The summed E-state index contributed by atoms with van der Waals surface area (Å²) in [7, 11) is 1.54. The second-order valence-corrected chi connectivity index (χ2v) is 4.59. The maximum atomic E-state index is 11.7. The van der Waals surface area contributed by atoms with Crippen molar-refractivity contribution in [2.24, 2.45) is 0 Å². The summed E-state index contributed by atoms with van der Waals surface area (Å²) in [6, 6.07) is 5.13. The molecule has 0 aliphatic heterocycles. The van der Waals surface area contributed by atoms with Crippen LogP contribution in [0.15, 0.2) is 18.2 Å². The molecule has 0 aliphatic rings. The summed E-state index contributed by atoms with van der Waals surface area (Å²) < 4.78 is 5.38. The van der Waals surface area contributed by atoms with Crippen LogP contribution >= 0.6 is 11.6 Å². The van der Waals surface area contributed by atoms with Crippen molar-refractivity contribution in [2.75, 3.05) is 20.2 Å². The van der Waals surface area contributed by atoms with E-state index in [1.807, 2.05) is 6.92 Å². The van der Waals surface area contributed by atoms with Gasteiger partial charge in [-0.2, -0.15) is 0 Å². The summed E-state index contributed by atoms with van der Waals surface area (Å²) in [6.07, 6.45) is -0.0811. The molecule has 0 unspecified atom stereocenters. The lowest BCUT2D eigenvalue weighted by molar-refractivity contribution is -0.138. The van der Waals surface area contributed by atoms with E-state index in [-0.39, 0.29) is 25.5 Å². The second-order valence-electron chi connectivity index (χ2n) is 4.16. The number of hydrogen-bond acceptors (Lipinski definition) is 3. The fraction of sp³-hybridized carbons (Fsp3) is 0.385. The molecule has 19 heavy (non-hydrogen) atoms. The van der Waals surface area contributed by atoms with Crippen LogP contribution in [0, 0.1) is 6.92 Å². The van der Waals surface area contributed by atoms with E-state index in [4.69, 9.17) is 21.4 Å². The average Bonchev–Trinajstić information content (AvgIpc) is 2.34. The topological polar surface area (TPSA) is 66.8 Å². The second kappa shape index (κ2) is 6.99. The van der Waals surface area contributed by atoms with E-state index in [1.54, 1.807) is 25.2 Å². The van der Waals surface area contributed by atoms with E-state index in [0.717, 1.165) is 5.56 Å². The first-order valence-corrected chi connectivity index (χ1v) is 6.12. The fourth-order valence-electron chi connectivity index (χ4n) is 1.41. The molecule has 1 rings (SSSR count). The molecule has 1 amide bonds. The van der Waals surface area contributed by atoms with E-state index in [9.17, 15) is 9.59 Å². The SMILES string of the molecule is Cc1cc(Cl)ccc1OCC(=O)N(C)CCC(=O)O. The molecule has 0 bridgehead atoms. The Hall–Kier alpha value is -1.75. The van der Waals surface area contributed by atoms with Gasteiger partial charge in [-0.3, -0.25) is 9.59 Å². The van der Waals surface area contributed by atoms with Crippen molar-refractivity contribution < 1.29 is 19.4 Å². The molecule has 104 valence electrons. The van der Waals surface area contributed by atoms with E-state index < -0.39 is 5.97 Å². The number of benzene rings is 1. The van der Waals surface area contributed by atoms with Gasteiger partial charge in [0.2, 0.25) is 0 Å². The van der Waals surface area contributed by atoms with Gasteiger partial charge in [-0.1, -0.05) is 11.6 Å². The Balaban J connectivity index is 2.47. The van der Waals surface area contributed by atoms with Crippen molar-refractivity contribution in [3.63, 3.8) is 0 Å². The Morgan fingerprint density at radius 3 is 2.68 bits per heavy atom. The van der Waals surface area contributed by atoms with Gasteiger partial charge >= 0.3 is 5.97 Å². The Kier molecular flexibility index (Phi) is 5.63. The molecule has 6 heteroatoms. The third-order valence-electron chi connectivity index (χ3n) is 2.57. The average molecular weight is 286 g/mol. The summed E-state index contributed by atoms with van der Waals surface area (Å²) >= 11 is 5.81. The molecule has 5 nitrogen and oxygen atoms in total. The number of amides is 1. The molecular weight excluding hydrogens is 270 g/mol. The highest BCUT2D eigenvalue weighted by molar-refractivity contribution is 6.30. The van der Waals surface area contributed by atoms with Crippen molar-refractivity contribution in [1.82, 2.24) is 4.90 Å². The summed E-state index contributed by atoms with van der Waals surface area (Å²) in [5.41, 5.74) is 0.841. The van der Waals surface area contributed by atoms with Crippen molar-refractivity contribution >= 4 is 23.5 Å². The quantitative estimate of drug-likeness (QED) is 0.868. The minimum absolute atomic E-state index is 0.0811. The molecule has 0 atom stereocenters. The monoisotopic (exact) mass is 285 g/mol. The highest BCUT2D eigenvalue weighted by Gasteiger charge is 2.11. The summed E-state index contributed by atoms with van der Waals surface area (Å²) in [5, 5.41) is 9.14. The Labute approximate surface area is 116 Å². The minimum atomic E-state index is -0.936. The van der Waals surface area contributed by atoms with Crippen LogP contribution in [0.5, 0.6) is 5.75 Å². The van der Waals surface area contributed by atoms with Gasteiger partial charge in [0.15, 0.2) is 6.61 Å². The fourth-order valence-corrected chi connectivity index (χ4v) is 1.64. The van der Waals surface area contributed by atoms with Crippen molar-refractivity contribution in [2.45, 2.75) is 13.3 Å². The highest BCUT2D eigenvalue weighted by atomic mass is 35.5. The van der Waals surface area contributed by atoms with Gasteiger partial charge in [0.05, 0.1) is 6.42 Å². The number of carboxylic acids is 1. The lowest BCUT2D eigenvalue weighted by atomic mass is 10.2. The maximum Gasteiger partial charge on any atom is 0.305 e. The number of ether oxygens (including phenoxy) is 1. The first kappa shape index (κ1) is 15.3. The van der Waals surface area contributed by atoms with E-state index in [2.05, 4.69) is 0 Å². The Morgan fingerprint density at radius 2 is 2.11 bits per heavy atom. The van der Waals surface area contributed by atoms with E-state index in [0.29, 0.717) is 10.8 Å². The molecule has 0 saturated carbocycles. The zero-order valence-electron chi connectivity index (χ0n) is 10.9. The van der Waals surface area contributed by atoms with Gasteiger partial charge < -0.3 is 14.7 Å². The standard InChI is InChI=1S/C13H16ClNO4/c1-9-7-10(14)3-4-11(9)19-8-12(16)15(2)6-5-13(17)18/h3-4,7H,5-6,8H2,1-2H3,(H,17,18). The molecule has 1 aromatic carbocycles. The Bertz CT molecular complexity index is 476. The van der Waals surface area contributed by atoms with E-state index in [1.165, 1.54) is 4.90 Å². The van der Waals surface area contributed by atoms with Gasteiger partial charge in [0.1, 0.15) is 5.75 Å². The summed E-state index contributed by atoms with van der Waals surface area (Å²) in [4.78, 5) is 23.4. The van der Waals surface area contributed by atoms with Crippen LogP contribution in [0.3, 0.4) is 0 Å². The molecule has 0 radical (unpaired) electrons. The van der Waals surface area contributed by atoms with Crippen LogP contribution in [0.1, 0.15) is 12.0 Å². The minimum Gasteiger partial charge on any atom is -0.483 e. The number of carbonyl (C=O) groups excluding carboxylic acids is 1. The number of aliphatic carboxylic acids is 1. The van der Waals surface area contributed by atoms with Crippen LogP contribution in [0.2, 0.25) is 5.02 Å². The number of carboxylic acid groups (broad SMARTS) is 1. The highest BCUT2D eigenvalue weighted by Crippen LogP contribution is 2.21. The molecule has 1 N–H and O–H groups in total. The molecule has 0 fully saturated rings. The van der Waals surface area contributed by atoms with Crippen LogP contribution in [0.4, 0.5) is 0 Å². The molecule has 0 heterocycles. The van der Waals surface area contributed by atoms with Crippen molar-refractivity contribution in [3.8, 4) is 5.75 Å². The van der Waals surface area contributed by atoms with Gasteiger partial charge in [-0.05, 0) is 30.7 Å². The first-order chi connectivity index (χ1) is 8.90. The van der Waals surface area contributed by atoms with Crippen LogP contribution < -0.4 is 4.74 Å². The molecule has 0 aromatic heterocycles. The Morgan fingerprint density at radius 1 is 1.42 bits per heavy atom. The lowest BCUT2D eigenvalue weighted by Crippen LogP contribution is -2.33. The van der Waals surface area contributed by atoms with Gasteiger partial charge in [-0.25, -0.2) is 0 Å². The lowest BCUT2D eigenvalue weighted by Gasteiger charge is -2.17. The van der Waals surface area contributed by atoms with Crippen LogP contribution in [-0.2, 0) is 9.59 Å². The number of rotatable bonds is 6. The van der Waals surface area contributed by atoms with Crippen molar-refractivity contribution in [3.05, 3.63) is 28.8 Å². The molecule has 0 spiro atoms. The zero-order valence-corrected chi connectivity index (χ0v) is 11.6.